The predicted molar refractivity (Wildman–Crippen MR) is 108 cm³/mol. The number of nitrogens with zero attached hydrogens (tertiary/aromatic N) is 2. The van der Waals surface area contributed by atoms with Crippen molar-refractivity contribution in [2.45, 2.75) is 38.3 Å². The normalized spacial score (nSPS) is 19.4. The summed E-state index contributed by atoms with van der Waals surface area (Å²) in [6, 6.07) is 9.46. The molecule has 0 radical (unpaired) electrons. The Balaban J connectivity index is 1.31. The monoisotopic (exact) mass is 398 g/mol. The number of aryl methyl sites for hydroxylation is 2. The molecule has 1 aliphatic heterocycles. The minimum atomic E-state index is -0.00576. The molecule has 1 aromatic carbocycles. The minimum absolute atomic E-state index is 0.00576. The lowest BCUT2D eigenvalue weighted by Gasteiger charge is -2.27. The molecule has 2 aromatic heterocycles. The molecule has 0 fully saturated rings. The molecule has 5 rings (SSSR count). The van der Waals surface area contributed by atoms with Gasteiger partial charge in [0.1, 0.15) is 25.4 Å². The molecule has 2 aliphatic rings. The number of likely N-dealkylation sites (N-methyl/N-ethyl adjacent to an activating group) is 1. The second-order valence-corrected chi connectivity index (χ2v) is 8.78. The van der Waals surface area contributed by atoms with Gasteiger partial charge in [-0.1, -0.05) is 12.1 Å². The zero-order valence-corrected chi connectivity index (χ0v) is 16.8. The van der Waals surface area contributed by atoms with Crippen LogP contribution in [0.2, 0.25) is 0 Å². The standard InChI is InChI=1S/C21H23N3O3S/c1-23(12-15-13-26-17-7-3-4-8-18(17)27-15)11-14-10-20(25)24-16-6-2-5-9-19(16)28-21(24)22-14/h3-4,7-8,10,15H,2,5-6,9,11-13H2,1H3/p+1/t15-/m0/s1. The Morgan fingerprint density at radius 3 is 2.96 bits per heavy atom. The number of hydrogen-bond donors (Lipinski definition) is 1. The van der Waals surface area contributed by atoms with Crippen LogP contribution in [0.5, 0.6) is 11.5 Å². The van der Waals surface area contributed by atoms with Gasteiger partial charge in [-0.25, -0.2) is 4.98 Å². The fourth-order valence-electron chi connectivity index (χ4n) is 4.17. The van der Waals surface area contributed by atoms with Gasteiger partial charge in [0.2, 0.25) is 0 Å². The molecule has 28 heavy (non-hydrogen) atoms. The third-order valence-corrected chi connectivity index (χ3v) is 6.58. The number of aromatic nitrogens is 2. The first kappa shape index (κ1) is 17.7. The van der Waals surface area contributed by atoms with Crippen molar-refractivity contribution >= 4 is 16.3 Å². The maximum absolute atomic E-state index is 12.7. The Morgan fingerprint density at radius 2 is 2.07 bits per heavy atom. The average Bonchev–Trinajstić information content (AvgIpc) is 3.06. The second-order valence-electron chi connectivity index (χ2n) is 7.72. The summed E-state index contributed by atoms with van der Waals surface area (Å²) in [6.45, 7) is 2.02. The van der Waals surface area contributed by atoms with Gasteiger partial charge in [0.15, 0.2) is 22.6 Å². The van der Waals surface area contributed by atoms with Crippen molar-refractivity contribution in [1.82, 2.24) is 9.38 Å². The summed E-state index contributed by atoms with van der Waals surface area (Å²) in [7, 11) is 2.10. The molecule has 0 amide bonds. The molecular weight excluding hydrogens is 374 g/mol. The second kappa shape index (κ2) is 7.22. The van der Waals surface area contributed by atoms with E-state index in [2.05, 4.69) is 7.05 Å². The van der Waals surface area contributed by atoms with E-state index in [9.17, 15) is 4.79 Å². The van der Waals surface area contributed by atoms with Gasteiger partial charge in [-0.05, 0) is 37.8 Å². The number of para-hydroxylation sites is 2. The van der Waals surface area contributed by atoms with Gasteiger partial charge >= 0.3 is 0 Å². The van der Waals surface area contributed by atoms with E-state index in [0.717, 1.165) is 48.0 Å². The van der Waals surface area contributed by atoms with E-state index >= 15 is 0 Å². The number of quaternary nitrogens is 1. The molecule has 3 aromatic rings. The van der Waals surface area contributed by atoms with Crippen molar-refractivity contribution in [3.8, 4) is 11.5 Å². The van der Waals surface area contributed by atoms with Crippen molar-refractivity contribution < 1.29 is 14.4 Å². The van der Waals surface area contributed by atoms with Crippen molar-refractivity contribution in [3.05, 3.63) is 57.0 Å². The van der Waals surface area contributed by atoms with Crippen molar-refractivity contribution in [3.63, 3.8) is 0 Å². The lowest BCUT2D eigenvalue weighted by molar-refractivity contribution is -0.896. The van der Waals surface area contributed by atoms with E-state index in [1.54, 1.807) is 17.4 Å². The maximum Gasteiger partial charge on any atom is 0.259 e. The van der Waals surface area contributed by atoms with E-state index in [4.69, 9.17) is 14.5 Å². The fraction of sp³-hybridized carbons (Fsp3) is 0.429. The molecule has 1 aliphatic carbocycles. The number of rotatable bonds is 4. The predicted octanol–water partition coefficient (Wildman–Crippen LogP) is 1.49. The third kappa shape index (κ3) is 3.29. The number of ether oxygens (including phenoxy) is 2. The highest BCUT2D eigenvalue weighted by Gasteiger charge is 2.25. The van der Waals surface area contributed by atoms with Gasteiger partial charge in [0.05, 0.1) is 7.05 Å². The van der Waals surface area contributed by atoms with Gasteiger partial charge in [-0.3, -0.25) is 9.20 Å². The highest BCUT2D eigenvalue weighted by atomic mass is 32.1. The van der Waals surface area contributed by atoms with Gasteiger partial charge in [-0.15, -0.1) is 11.3 Å². The van der Waals surface area contributed by atoms with Crippen LogP contribution in [0.25, 0.3) is 4.96 Å². The molecule has 7 heteroatoms. The summed E-state index contributed by atoms with van der Waals surface area (Å²) in [6.07, 6.45) is 4.42. The SMILES string of the molecule is C[NH+](Cc1cc(=O)n2c3c(sc2n1)CCCC3)C[C@H]1COc2ccccc2O1. The van der Waals surface area contributed by atoms with Crippen LogP contribution in [0, 0.1) is 0 Å². The third-order valence-electron chi connectivity index (χ3n) is 5.44. The number of thiazole rings is 1. The lowest BCUT2D eigenvalue weighted by Crippen LogP contribution is -3.09. The van der Waals surface area contributed by atoms with E-state index < -0.39 is 0 Å². The minimum Gasteiger partial charge on any atom is -0.486 e. The molecule has 3 heterocycles. The summed E-state index contributed by atoms with van der Waals surface area (Å²) in [5, 5.41) is 0. The Labute approximate surface area is 167 Å². The Bertz CT molecular complexity index is 1070. The van der Waals surface area contributed by atoms with E-state index in [0.29, 0.717) is 13.2 Å². The molecule has 2 atom stereocenters. The lowest BCUT2D eigenvalue weighted by atomic mass is 10.0. The van der Waals surface area contributed by atoms with Crippen LogP contribution in [-0.4, -0.2) is 35.7 Å². The van der Waals surface area contributed by atoms with Gasteiger partial charge in [0.25, 0.3) is 5.56 Å². The van der Waals surface area contributed by atoms with E-state index in [-0.39, 0.29) is 11.7 Å². The molecule has 1 N–H and O–H groups in total. The first-order valence-electron chi connectivity index (χ1n) is 9.90. The van der Waals surface area contributed by atoms with Crippen molar-refractivity contribution in [2.24, 2.45) is 0 Å². The zero-order valence-electron chi connectivity index (χ0n) is 15.9. The topological polar surface area (TPSA) is 57.3 Å². The molecule has 1 unspecified atom stereocenters. The van der Waals surface area contributed by atoms with Crippen LogP contribution in [0.4, 0.5) is 0 Å². The molecule has 146 valence electrons. The molecule has 6 nitrogen and oxygen atoms in total. The molecule has 0 saturated heterocycles. The highest BCUT2D eigenvalue weighted by Crippen LogP contribution is 2.30. The first-order valence-corrected chi connectivity index (χ1v) is 10.7. The first-order chi connectivity index (χ1) is 13.7. The van der Waals surface area contributed by atoms with Gasteiger partial charge in [0, 0.05) is 16.6 Å². The smallest absolute Gasteiger partial charge is 0.259 e. The summed E-state index contributed by atoms with van der Waals surface area (Å²) >= 11 is 1.68. The maximum atomic E-state index is 12.7. The highest BCUT2D eigenvalue weighted by molar-refractivity contribution is 7.17. The Hall–Kier alpha value is -2.38. The number of hydrogen-bond acceptors (Lipinski definition) is 5. The van der Waals surface area contributed by atoms with Crippen LogP contribution in [-0.2, 0) is 19.4 Å². The Morgan fingerprint density at radius 1 is 1.25 bits per heavy atom. The summed E-state index contributed by atoms with van der Waals surface area (Å²) < 4.78 is 13.7. The molecule has 0 spiro atoms. The van der Waals surface area contributed by atoms with Gasteiger partial charge < -0.3 is 14.4 Å². The van der Waals surface area contributed by atoms with Crippen LogP contribution in [0.1, 0.15) is 29.1 Å². The number of nitrogens with one attached hydrogen (secondary N) is 1. The van der Waals surface area contributed by atoms with E-state index in [1.165, 1.54) is 21.9 Å². The Kier molecular flexibility index (Phi) is 4.56. The van der Waals surface area contributed by atoms with Crippen molar-refractivity contribution in [2.75, 3.05) is 20.2 Å². The largest absolute Gasteiger partial charge is 0.486 e. The summed E-state index contributed by atoms with van der Waals surface area (Å²) in [5.41, 5.74) is 2.08. The molecule has 0 bridgehead atoms. The summed E-state index contributed by atoms with van der Waals surface area (Å²) in [4.78, 5) is 20.9. The molecular formula is C21H24N3O3S+. The van der Waals surface area contributed by atoms with Crippen molar-refractivity contribution in [1.29, 1.82) is 0 Å². The zero-order chi connectivity index (χ0) is 19.1. The van der Waals surface area contributed by atoms with E-state index in [1.807, 2.05) is 28.7 Å². The number of benzene rings is 1. The van der Waals surface area contributed by atoms with Crippen LogP contribution in [0.3, 0.4) is 0 Å². The number of fused-ring (bicyclic) bond motifs is 4. The quantitative estimate of drug-likeness (QED) is 0.724. The fourth-order valence-corrected chi connectivity index (χ4v) is 5.40. The van der Waals surface area contributed by atoms with Gasteiger partial charge in [-0.2, -0.15) is 0 Å². The summed E-state index contributed by atoms with van der Waals surface area (Å²) in [5.74, 6) is 1.60. The average molecular weight is 399 g/mol. The van der Waals surface area contributed by atoms with Crippen LogP contribution < -0.4 is 19.9 Å². The van der Waals surface area contributed by atoms with Crippen LogP contribution >= 0.6 is 11.3 Å². The molecule has 0 saturated carbocycles. The van der Waals surface area contributed by atoms with Crippen LogP contribution in [0.15, 0.2) is 35.1 Å².